The Morgan fingerprint density at radius 3 is 3.06 bits per heavy atom. The fourth-order valence-electron chi connectivity index (χ4n) is 3.00. The van der Waals surface area contributed by atoms with Gasteiger partial charge in [0, 0.05) is 36.9 Å². The quantitative estimate of drug-likeness (QED) is 0.772. The number of hydrogen-bond acceptors (Lipinski definition) is 3. The van der Waals surface area contributed by atoms with Crippen molar-refractivity contribution < 1.29 is 4.79 Å². The van der Waals surface area contributed by atoms with Crippen LogP contribution in [0.1, 0.15) is 24.8 Å². The standard InChI is InChI=1S/C14H19N3O/c15-12-4-1-5-13-11(12)3-2-8-17(13)9-10-6-7-14(18)16-10/h1,4-5,10H,2-3,6-9,15H2,(H,16,18). The Morgan fingerprint density at radius 1 is 1.39 bits per heavy atom. The minimum absolute atomic E-state index is 0.185. The molecule has 0 aromatic heterocycles. The minimum Gasteiger partial charge on any atom is -0.398 e. The van der Waals surface area contributed by atoms with E-state index in [0.717, 1.165) is 38.0 Å². The van der Waals surface area contributed by atoms with Crippen molar-refractivity contribution >= 4 is 17.3 Å². The normalized spacial score (nSPS) is 22.8. The van der Waals surface area contributed by atoms with E-state index in [1.807, 2.05) is 12.1 Å². The number of rotatable bonds is 2. The number of hydrogen-bond donors (Lipinski definition) is 2. The largest absolute Gasteiger partial charge is 0.398 e. The van der Waals surface area contributed by atoms with Gasteiger partial charge in [0.1, 0.15) is 0 Å². The summed E-state index contributed by atoms with van der Waals surface area (Å²) in [6, 6.07) is 6.42. The molecule has 1 aromatic rings. The maximum Gasteiger partial charge on any atom is 0.220 e. The van der Waals surface area contributed by atoms with E-state index >= 15 is 0 Å². The minimum atomic E-state index is 0.185. The number of fused-ring (bicyclic) bond motifs is 1. The molecule has 2 aliphatic rings. The van der Waals surface area contributed by atoms with E-state index in [2.05, 4.69) is 16.3 Å². The van der Waals surface area contributed by atoms with Gasteiger partial charge in [-0.1, -0.05) is 6.07 Å². The maximum absolute atomic E-state index is 11.2. The van der Waals surface area contributed by atoms with E-state index in [0.29, 0.717) is 12.5 Å². The molecule has 0 spiro atoms. The number of nitrogens with zero attached hydrogens (tertiary/aromatic N) is 1. The molecular weight excluding hydrogens is 226 g/mol. The predicted octanol–water partition coefficient (Wildman–Crippen LogP) is 1.30. The third-order valence-corrected chi connectivity index (χ3v) is 3.91. The molecule has 1 fully saturated rings. The molecule has 0 saturated carbocycles. The van der Waals surface area contributed by atoms with Crippen LogP contribution in [0.15, 0.2) is 18.2 Å². The van der Waals surface area contributed by atoms with Crippen molar-refractivity contribution in [2.45, 2.75) is 31.7 Å². The summed E-state index contributed by atoms with van der Waals surface area (Å²) in [5, 5.41) is 3.03. The number of amides is 1. The molecule has 0 bridgehead atoms. The molecule has 1 unspecified atom stereocenters. The molecule has 3 N–H and O–H groups in total. The van der Waals surface area contributed by atoms with Crippen molar-refractivity contribution in [2.75, 3.05) is 23.7 Å². The van der Waals surface area contributed by atoms with Gasteiger partial charge >= 0.3 is 0 Å². The highest BCUT2D eigenvalue weighted by Gasteiger charge is 2.25. The molecule has 3 rings (SSSR count). The first-order valence-corrected chi connectivity index (χ1v) is 6.66. The highest BCUT2D eigenvalue weighted by molar-refractivity contribution is 5.78. The van der Waals surface area contributed by atoms with Crippen molar-refractivity contribution in [3.63, 3.8) is 0 Å². The first-order valence-electron chi connectivity index (χ1n) is 6.66. The van der Waals surface area contributed by atoms with Crippen molar-refractivity contribution in [1.82, 2.24) is 5.32 Å². The van der Waals surface area contributed by atoms with E-state index in [-0.39, 0.29) is 5.91 Å². The average molecular weight is 245 g/mol. The number of carbonyl (C=O) groups excluding carboxylic acids is 1. The Kier molecular flexibility index (Phi) is 2.86. The maximum atomic E-state index is 11.2. The van der Waals surface area contributed by atoms with Gasteiger partial charge in [0.2, 0.25) is 5.91 Å². The van der Waals surface area contributed by atoms with Crippen LogP contribution in [0, 0.1) is 0 Å². The fraction of sp³-hybridized carbons (Fsp3) is 0.500. The number of benzene rings is 1. The van der Waals surface area contributed by atoms with Gasteiger partial charge in [-0.15, -0.1) is 0 Å². The zero-order valence-corrected chi connectivity index (χ0v) is 10.5. The zero-order chi connectivity index (χ0) is 12.5. The van der Waals surface area contributed by atoms with Crippen LogP contribution in [0.25, 0.3) is 0 Å². The molecule has 18 heavy (non-hydrogen) atoms. The van der Waals surface area contributed by atoms with Crippen molar-refractivity contribution in [3.8, 4) is 0 Å². The summed E-state index contributed by atoms with van der Waals surface area (Å²) >= 11 is 0. The first-order chi connectivity index (χ1) is 8.74. The Bertz CT molecular complexity index is 472. The van der Waals surface area contributed by atoms with E-state index in [9.17, 15) is 4.79 Å². The van der Waals surface area contributed by atoms with E-state index in [1.165, 1.54) is 11.3 Å². The van der Waals surface area contributed by atoms with Gasteiger partial charge < -0.3 is 16.0 Å². The number of nitrogens with two attached hydrogens (primary N) is 1. The van der Waals surface area contributed by atoms with Crippen LogP contribution in [0.2, 0.25) is 0 Å². The molecular formula is C14H19N3O. The van der Waals surface area contributed by atoms with Crippen LogP contribution in [0.3, 0.4) is 0 Å². The molecule has 2 heterocycles. The average Bonchev–Trinajstić information content (AvgIpc) is 2.76. The van der Waals surface area contributed by atoms with Crippen LogP contribution in [-0.4, -0.2) is 25.0 Å². The summed E-state index contributed by atoms with van der Waals surface area (Å²) in [5.41, 5.74) is 9.46. The molecule has 96 valence electrons. The molecule has 4 heteroatoms. The number of anilines is 2. The molecule has 1 amide bonds. The monoisotopic (exact) mass is 245 g/mol. The number of carbonyl (C=O) groups is 1. The van der Waals surface area contributed by atoms with Crippen molar-refractivity contribution in [1.29, 1.82) is 0 Å². The molecule has 0 radical (unpaired) electrons. The Labute approximate surface area is 107 Å². The van der Waals surface area contributed by atoms with Gasteiger partial charge in [-0.2, -0.15) is 0 Å². The molecule has 1 atom stereocenters. The lowest BCUT2D eigenvalue weighted by Gasteiger charge is -2.33. The Balaban J connectivity index is 1.79. The van der Waals surface area contributed by atoms with E-state index in [1.54, 1.807) is 0 Å². The number of nitrogens with one attached hydrogen (secondary N) is 1. The SMILES string of the molecule is Nc1cccc2c1CCCN2CC1CCC(=O)N1. The smallest absolute Gasteiger partial charge is 0.220 e. The summed E-state index contributed by atoms with van der Waals surface area (Å²) in [5.74, 6) is 0.185. The topological polar surface area (TPSA) is 58.4 Å². The molecule has 1 aromatic carbocycles. The van der Waals surface area contributed by atoms with Gasteiger partial charge in [0.25, 0.3) is 0 Å². The van der Waals surface area contributed by atoms with Crippen LogP contribution in [-0.2, 0) is 11.2 Å². The summed E-state index contributed by atoms with van der Waals surface area (Å²) in [7, 11) is 0. The second-order valence-corrected chi connectivity index (χ2v) is 5.20. The Morgan fingerprint density at radius 2 is 2.28 bits per heavy atom. The van der Waals surface area contributed by atoms with Crippen molar-refractivity contribution in [3.05, 3.63) is 23.8 Å². The lowest BCUT2D eigenvalue weighted by atomic mass is 9.99. The van der Waals surface area contributed by atoms with Gasteiger partial charge in [-0.3, -0.25) is 4.79 Å². The lowest BCUT2D eigenvalue weighted by molar-refractivity contribution is -0.119. The van der Waals surface area contributed by atoms with Crippen molar-refractivity contribution in [2.24, 2.45) is 0 Å². The van der Waals surface area contributed by atoms with Crippen LogP contribution >= 0.6 is 0 Å². The Hall–Kier alpha value is -1.71. The molecule has 2 aliphatic heterocycles. The fourth-order valence-corrected chi connectivity index (χ4v) is 3.00. The summed E-state index contributed by atoms with van der Waals surface area (Å²) < 4.78 is 0. The lowest BCUT2D eigenvalue weighted by Crippen LogP contribution is -2.41. The highest BCUT2D eigenvalue weighted by Crippen LogP contribution is 2.31. The summed E-state index contributed by atoms with van der Waals surface area (Å²) in [4.78, 5) is 13.6. The van der Waals surface area contributed by atoms with Crippen LogP contribution in [0.4, 0.5) is 11.4 Å². The van der Waals surface area contributed by atoms with Crippen LogP contribution in [0.5, 0.6) is 0 Å². The second-order valence-electron chi connectivity index (χ2n) is 5.20. The highest BCUT2D eigenvalue weighted by atomic mass is 16.1. The first kappa shape index (κ1) is 11.4. The predicted molar refractivity (Wildman–Crippen MR) is 72.6 cm³/mol. The summed E-state index contributed by atoms with van der Waals surface area (Å²) in [6.45, 7) is 1.96. The number of nitrogen functional groups attached to an aromatic ring is 1. The van der Waals surface area contributed by atoms with Gasteiger partial charge in [-0.25, -0.2) is 0 Å². The molecule has 4 nitrogen and oxygen atoms in total. The summed E-state index contributed by atoms with van der Waals surface area (Å²) in [6.07, 6.45) is 3.83. The third kappa shape index (κ3) is 2.03. The third-order valence-electron chi connectivity index (χ3n) is 3.91. The molecule has 0 aliphatic carbocycles. The van der Waals surface area contributed by atoms with Gasteiger partial charge in [0.05, 0.1) is 0 Å². The van der Waals surface area contributed by atoms with Gasteiger partial charge in [-0.05, 0) is 37.0 Å². The second kappa shape index (κ2) is 4.52. The molecule has 1 saturated heterocycles. The van der Waals surface area contributed by atoms with Crippen LogP contribution < -0.4 is 16.0 Å². The zero-order valence-electron chi connectivity index (χ0n) is 10.5. The van der Waals surface area contributed by atoms with Gasteiger partial charge in [0.15, 0.2) is 0 Å². The van der Waals surface area contributed by atoms with E-state index in [4.69, 9.17) is 5.73 Å². The van der Waals surface area contributed by atoms with E-state index < -0.39 is 0 Å².